The van der Waals surface area contributed by atoms with E-state index in [0.717, 1.165) is 6.42 Å². The van der Waals surface area contributed by atoms with Gasteiger partial charge < -0.3 is 37.2 Å². The first-order valence-corrected chi connectivity index (χ1v) is 12.6. The van der Waals surface area contributed by atoms with Gasteiger partial charge in [-0.3, -0.25) is 0 Å². The minimum Gasteiger partial charge on any atom is -1.00 e. The van der Waals surface area contributed by atoms with Gasteiger partial charge in [-0.25, -0.2) is 0 Å². The molecular weight excluding hydrogens is 423 g/mol. The van der Waals surface area contributed by atoms with E-state index < -0.39 is 8.07 Å². The van der Waals surface area contributed by atoms with E-state index in [9.17, 15) is 0 Å². The van der Waals surface area contributed by atoms with Crippen molar-refractivity contribution in [3.63, 3.8) is 0 Å². The Bertz CT molecular complexity index is 624. The van der Waals surface area contributed by atoms with Crippen LogP contribution in [0.25, 0.3) is 0 Å². The van der Waals surface area contributed by atoms with Crippen molar-refractivity contribution in [1.29, 1.82) is 0 Å². The molecule has 0 N–H and O–H groups in total. The van der Waals surface area contributed by atoms with Crippen LogP contribution < -0.4 is 37.2 Å². The molecular formula is C20H29Cl3SiTi. The molecule has 1 aliphatic carbocycles. The van der Waals surface area contributed by atoms with Crippen molar-refractivity contribution in [2.24, 2.45) is 5.92 Å². The maximum absolute atomic E-state index is 2.55. The summed E-state index contributed by atoms with van der Waals surface area (Å²) < 4.78 is 0.211. The van der Waals surface area contributed by atoms with Crippen molar-refractivity contribution >= 4 is 8.07 Å². The molecule has 0 amide bonds. The van der Waals surface area contributed by atoms with Crippen LogP contribution in [0.5, 0.6) is 0 Å². The molecule has 0 radical (unpaired) electrons. The second kappa shape index (κ2) is 10.2. The molecule has 0 saturated heterocycles. The zero-order valence-electron chi connectivity index (χ0n) is 16.3. The Hall–Kier alpha value is 0.501. The molecule has 2 rings (SSSR count). The average molecular weight is 452 g/mol. The van der Waals surface area contributed by atoms with Gasteiger partial charge in [0.1, 0.15) is 0 Å². The number of aryl methyl sites for hydroxylation is 2. The van der Waals surface area contributed by atoms with E-state index in [1.165, 1.54) is 22.3 Å². The fourth-order valence-electron chi connectivity index (χ4n) is 3.12. The second-order valence-electron chi connectivity index (χ2n) is 8.08. The van der Waals surface area contributed by atoms with Gasteiger partial charge in [-0.05, 0) is 0 Å². The third-order valence-electron chi connectivity index (χ3n) is 5.14. The minimum atomic E-state index is -1.20. The Balaban J connectivity index is 0. The standard InChI is InChI=1S/C20H29Si.3ClH.Ti/c1-14-10-18(11-15(2)17(14)4)12-16(3)19-8-9-20(13-19)21(5,6)7;;;;/h8-11,13,16H,12H2,1-7H3;3*1H;/q;;;;+3/p-3. The number of hydrogen-bond donors (Lipinski definition) is 0. The molecule has 1 aromatic carbocycles. The van der Waals surface area contributed by atoms with Crippen LogP contribution in [-0.2, 0) is 26.9 Å². The van der Waals surface area contributed by atoms with E-state index in [1.54, 1.807) is 5.20 Å². The zero-order chi connectivity index (χ0) is 16.7. The van der Waals surface area contributed by atoms with Crippen LogP contribution in [0.2, 0.25) is 23.4 Å². The van der Waals surface area contributed by atoms with Crippen molar-refractivity contribution in [2.45, 2.75) is 57.5 Å². The Kier molecular flexibility index (Phi) is 11.3. The number of halogens is 3. The van der Waals surface area contributed by atoms with E-state index in [1.807, 2.05) is 0 Å². The van der Waals surface area contributed by atoms with Gasteiger partial charge in [0.25, 0.3) is 0 Å². The molecule has 5 heteroatoms. The van der Waals surface area contributed by atoms with Gasteiger partial charge in [0.2, 0.25) is 0 Å². The SMILES string of the molecule is Cc1cc(CC(C)[C]2([Ti+3])C=CC([Si](C)(C)C)=C2)cc(C)c1C.[Cl-].[Cl-].[Cl-]. The van der Waals surface area contributed by atoms with E-state index in [2.05, 4.69) is 98.1 Å². The summed E-state index contributed by atoms with van der Waals surface area (Å²) in [7, 11) is -1.20. The number of rotatable bonds is 4. The zero-order valence-corrected chi connectivity index (χ0v) is 21.1. The Morgan fingerprint density at radius 3 is 1.88 bits per heavy atom. The Morgan fingerprint density at radius 1 is 1.00 bits per heavy atom. The molecule has 0 bridgehead atoms. The maximum Gasteiger partial charge on any atom is -1.00 e. The summed E-state index contributed by atoms with van der Waals surface area (Å²) >= 11 is 2.40. The monoisotopic (exact) mass is 450 g/mol. The minimum absolute atomic E-state index is 0. The molecule has 25 heavy (non-hydrogen) atoms. The quantitative estimate of drug-likeness (QED) is 0.425. The van der Waals surface area contributed by atoms with E-state index in [0.29, 0.717) is 5.92 Å². The first-order valence-electron chi connectivity index (χ1n) is 8.27. The third-order valence-corrected chi connectivity index (χ3v) is 8.44. The topological polar surface area (TPSA) is 0 Å². The van der Waals surface area contributed by atoms with Gasteiger partial charge in [-0.15, -0.1) is 0 Å². The molecule has 1 aromatic rings. The summed E-state index contributed by atoms with van der Waals surface area (Å²) in [5.74, 6) is 0.624. The number of benzene rings is 1. The number of hydrogen-bond acceptors (Lipinski definition) is 0. The van der Waals surface area contributed by atoms with Crippen LogP contribution in [0.15, 0.2) is 35.6 Å². The molecule has 1 aliphatic rings. The third kappa shape index (κ3) is 6.56. The number of allylic oxidation sites excluding steroid dienone is 4. The molecule has 2 atom stereocenters. The van der Waals surface area contributed by atoms with Crippen molar-refractivity contribution in [2.75, 3.05) is 0 Å². The predicted molar refractivity (Wildman–Crippen MR) is 96.8 cm³/mol. The van der Waals surface area contributed by atoms with E-state index in [4.69, 9.17) is 0 Å². The molecule has 0 spiro atoms. The van der Waals surface area contributed by atoms with Crippen molar-refractivity contribution < 1.29 is 57.7 Å². The normalized spacial score (nSPS) is 20.1. The predicted octanol–water partition coefficient (Wildman–Crippen LogP) is -3.12. The molecule has 0 heterocycles. The fourth-order valence-corrected chi connectivity index (χ4v) is 5.13. The first-order chi connectivity index (χ1) is 10.0. The first kappa shape index (κ1) is 27.7. The second-order valence-corrected chi connectivity index (χ2v) is 14.5. The van der Waals surface area contributed by atoms with Crippen LogP contribution in [0.3, 0.4) is 0 Å². The Morgan fingerprint density at radius 2 is 1.48 bits per heavy atom. The molecule has 0 aromatic heterocycles. The van der Waals surface area contributed by atoms with Crippen molar-refractivity contribution in [3.8, 4) is 0 Å². The maximum atomic E-state index is 2.55. The van der Waals surface area contributed by atoms with Crippen LogP contribution in [0, 0.1) is 26.7 Å². The van der Waals surface area contributed by atoms with Crippen LogP contribution in [-0.4, -0.2) is 8.07 Å². The molecule has 2 unspecified atom stereocenters. The Labute approximate surface area is 186 Å². The molecule has 0 aliphatic heterocycles. The van der Waals surface area contributed by atoms with Gasteiger partial charge in [-0.2, -0.15) is 0 Å². The van der Waals surface area contributed by atoms with Gasteiger partial charge in [0.15, 0.2) is 0 Å². The summed E-state index contributed by atoms with van der Waals surface area (Å²) in [6.07, 6.45) is 8.55. The van der Waals surface area contributed by atoms with Crippen LogP contribution in [0.1, 0.15) is 29.2 Å². The summed E-state index contributed by atoms with van der Waals surface area (Å²) in [5, 5.41) is 1.61. The van der Waals surface area contributed by atoms with Gasteiger partial charge >= 0.3 is 150 Å². The molecule has 0 fully saturated rings. The summed E-state index contributed by atoms with van der Waals surface area (Å²) in [4.78, 5) is 0. The summed E-state index contributed by atoms with van der Waals surface area (Å²) in [5.41, 5.74) is 5.77. The van der Waals surface area contributed by atoms with E-state index >= 15 is 0 Å². The van der Waals surface area contributed by atoms with Crippen molar-refractivity contribution in [1.82, 2.24) is 0 Å². The van der Waals surface area contributed by atoms with Crippen molar-refractivity contribution in [3.05, 3.63) is 57.8 Å². The van der Waals surface area contributed by atoms with Gasteiger partial charge in [-0.1, -0.05) is 0 Å². The van der Waals surface area contributed by atoms with Crippen LogP contribution in [0.4, 0.5) is 0 Å². The largest absolute Gasteiger partial charge is 1.00 e. The molecule has 0 saturated carbocycles. The summed E-state index contributed by atoms with van der Waals surface area (Å²) in [6, 6.07) is 4.76. The molecule has 138 valence electrons. The summed E-state index contributed by atoms with van der Waals surface area (Å²) in [6.45, 7) is 16.4. The van der Waals surface area contributed by atoms with E-state index in [-0.39, 0.29) is 40.9 Å². The average Bonchev–Trinajstić information content (AvgIpc) is 2.80. The van der Waals surface area contributed by atoms with Gasteiger partial charge in [0.05, 0.1) is 0 Å². The smallest absolute Gasteiger partial charge is 1.00 e. The van der Waals surface area contributed by atoms with Crippen LogP contribution >= 0.6 is 0 Å². The van der Waals surface area contributed by atoms with Gasteiger partial charge in [0, 0.05) is 0 Å². The molecule has 0 nitrogen and oxygen atoms in total. The fraction of sp³-hybridized carbons (Fsp3) is 0.500.